The van der Waals surface area contributed by atoms with E-state index in [9.17, 15) is 19.3 Å². The zero-order chi connectivity index (χ0) is 23.4. The molecule has 0 bridgehead atoms. The number of halogens is 1. The van der Waals surface area contributed by atoms with E-state index < -0.39 is 4.92 Å². The number of methoxy groups -OCH3 is 1. The number of hydrogen-bond acceptors (Lipinski definition) is 5. The van der Waals surface area contributed by atoms with Gasteiger partial charge in [0, 0.05) is 23.9 Å². The minimum absolute atomic E-state index is 0.0742. The first-order chi connectivity index (χ1) is 16.0. The number of ether oxygens (including phenoxy) is 1. The Kier molecular flexibility index (Phi) is 6.12. The fourth-order valence-corrected chi connectivity index (χ4v) is 3.29. The molecule has 4 rings (SSSR count). The van der Waals surface area contributed by atoms with E-state index in [2.05, 4.69) is 10.1 Å². The molecule has 1 N–H and O–H groups in total. The van der Waals surface area contributed by atoms with E-state index in [1.54, 1.807) is 31.4 Å². The highest BCUT2D eigenvalue weighted by molar-refractivity contribution is 5.88. The van der Waals surface area contributed by atoms with Crippen molar-refractivity contribution in [1.82, 2.24) is 9.78 Å². The lowest BCUT2D eigenvalue weighted by atomic mass is 10.1. The molecule has 4 aromatic rings. The fraction of sp³-hybridized carbons (Fsp3) is 0.0833. The minimum Gasteiger partial charge on any atom is -0.497 e. The van der Waals surface area contributed by atoms with E-state index in [4.69, 9.17) is 4.74 Å². The summed E-state index contributed by atoms with van der Waals surface area (Å²) in [4.78, 5) is 28.0. The highest BCUT2D eigenvalue weighted by Gasteiger charge is 2.16. The van der Waals surface area contributed by atoms with Crippen LogP contribution in [-0.4, -0.2) is 28.0 Å². The molecule has 0 aliphatic carbocycles. The van der Waals surface area contributed by atoms with E-state index in [0.717, 1.165) is 11.1 Å². The highest BCUT2D eigenvalue weighted by Crippen LogP contribution is 2.23. The van der Waals surface area contributed by atoms with Gasteiger partial charge in [0.05, 0.1) is 35.5 Å². The van der Waals surface area contributed by atoms with Crippen molar-refractivity contribution in [2.24, 2.45) is 4.99 Å². The summed E-state index contributed by atoms with van der Waals surface area (Å²) in [5, 5.41) is 14.0. The Morgan fingerprint density at radius 2 is 1.73 bits per heavy atom. The van der Waals surface area contributed by atoms with E-state index in [0.29, 0.717) is 22.7 Å². The number of aromatic nitrogens is 2. The van der Waals surface area contributed by atoms with Gasteiger partial charge in [0.1, 0.15) is 11.6 Å². The molecule has 166 valence electrons. The van der Waals surface area contributed by atoms with E-state index >= 15 is 0 Å². The van der Waals surface area contributed by atoms with Crippen molar-refractivity contribution >= 4 is 11.9 Å². The molecule has 33 heavy (non-hydrogen) atoms. The Morgan fingerprint density at radius 3 is 2.33 bits per heavy atom. The van der Waals surface area contributed by atoms with E-state index in [1.165, 1.54) is 47.3 Å². The number of nitro benzene ring substituents is 1. The Hall–Kier alpha value is -4.53. The van der Waals surface area contributed by atoms with Crippen LogP contribution in [0.2, 0.25) is 0 Å². The second-order valence-electron chi connectivity index (χ2n) is 7.14. The Labute approximate surface area is 187 Å². The van der Waals surface area contributed by atoms with Crippen molar-refractivity contribution in [1.29, 1.82) is 0 Å². The maximum atomic E-state index is 13.2. The topological polar surface area (TPSA) is 103 Å². The monoisotopic (exact) mass is 446 g/mol. The minimum atomic E-state index is -0.502. The summed E-state index contributed by atoms with van der Waals surface area (Å²) in [5.74, 6) is 0.337. The van der Waals surface area contributed by atoms with Crippen molar-refractivity contribution in [2.45, 2.75) is 6.54 Å². The summed E-state index contributed by atoms with van der Waals surface area (Å²) in [5.41, 5.74) is 2.39. The molecule has 8 nitrogen and oxygen atoms in total. The van der Waals surface area contributed by atoms with Crippen LogP contribution in [0.1, 0.15) is 11.1 Å². The van der Waals surface area contributed by atoms with Crippen LogP contribution >= 0.6 is 0 Å². The van der Waals surface area contributed by atoms with Gasteiger partial charge in [0.25, 0.3) is 11.2 Å². The molecule has 0 unspecified atom stereocenters. The normalized spacial score (nSPS) is 11.1. The van der Waals surface area contributed by atoms with Gasteiger partial charge in [-0.25, -0.2) is 9.07 Å². The number of nitro groups is 1. The molecule has 0 aliphatic heterocycles. The zero-order valence-electron chi connectivity index (χ0n) is 17.6. The van der Waals surface area contributed by atoms with Gasteiger partial charge in [-0.2, -0.15) is 0 Å². The molecule has 9 heteroatoms. The van der Waals surface area contributed by atoms with Crippen LogP contribution in [0.15, 0.2) is 82.6 Å². The van der Waals surface area contributed by atoms with Crippen molar-refractivity contribution in [3.8, 4) is 22.7 Å². The molecule has 0 saturated carbocycles. The molecule has 0 saturated heterocycles. The van der Waals surface area contributed by atoms with Crippen molar-refractivity contribution in [3.63, 3.8) is 0 Å². The number of aliphatic imine (C=N–C) groups is 1. The molecule has 0 fully saturated rings. The third kappa shape index (κ3) is 4.72. The predicted molar refractivity (Wildman–Crippen MR) is 123 cm³/mol. The van der Waals surface area contributed by atoms with Crippen LogP contribution in [0.5, 0.6) is 5.75 Å². The summed E-state index contributed by atoms with van der Waals surface area (Å²) in [6.45, 7) is 0.268. The number of nitrogens with one attached hydrogen (secondary N) is 1. The molecule has 1 heterocycles. The van der Waals surface area contributed by atoms with Crippen LogP contribution in [0.3, 0.4) is 0 Å². The summed E-state index contributed by atoms with van der Waals surface area (Å²) < 4.78 is 19.6. The third-order valence-electron chi connectivity index (χ3n) is 5.03. The van der Waals surface area contributed by atoms with Crippen LogP contribution < -0.4 is 10.3 Å². The van der Waals surface area contributed by atoms with Crippen molar-refractivity contribution in [3.05, 3.63) is 110 Å². The van der Waals surface area contributed by atoms with Gasteiger partial charge in [0.2, 0.25) is 0 Å². The van der Waals surface area contributed by atoms with Crippen LogP contribution in [-0.2, 0) is 6.54 Å². The van der Waals surface area contributed by atoms with Crippen LogP contribution in [0.4, 0.5) is 10.1 Å². The molecule has 1 aromatic heterocycles. The first-order valence-electron chi connectivity index (χ1n) is 9.95. The average Bonchev–Trinajstić information content (AvgIpc) is 3.16. The average molecular weight is 446 g/mol. The lowest BCUT2D eigenvalue weighted by Gasteiger charge is -2.04. The van der Waals surface area contributed by atoms with Crippen molar-refractivity contribution in [2.75, 3.05) is 7.11 Å². The summed E-state index contributed by atoms with van der Waals surface area (Å²) in [6.07, 6.45) is 1.48. The van der Waals surface area contributed by atoms with Gasteiger partial charge in [-0.15, -0.1) is 0 Å². The largest absolute Gasteiger partial charge is 0.497 e. The van der Waals surface area contributed by atoms with E-state index in [-0.39, 0.29) is 23.6 Å². The van der Waals surface area contributed by atoms with Gasteiger partial charge in [-0.05, 0) is 54.1 Å². The smallest absolute Gasteiger partial charge is 0.280 e. The second kappa shape index (κ2) is 9.31. The van der Waals surface area contributed by atoms with Crippen LogP contribution in [0.25, 0.3) is 16.9 Å². The Morgan fingerprint density at radius 1 is 1.06 bits per heavy atom. The zero-order valence-corrected chi connectivity index (χ0v) is 17.6. The van der Waals surface area contributed by atoms with E-state index in [1.807, 2.05) is 12.1 Å². The predicted octanol–water partition coefficient (Wildman–Crippen LogP) is 4.51. The first-order valence-corrected chi connectivity index (χ1v) is 9.95. The number of aromatic amines is 1. The SMILES string of the molecule is COc1ccc(-c2[nH]n(-c3ccc([N+](=O)[O-])cc3)c(=O)c2C=NCc2ccc(F)cc2)cc1. The third-order valence-corrected chi connectivity index (χ3v) is 5.03. The highest BCUT2D eigenvalue weighted by atomic mass is 19.1. The summed E-state index contributed by atoms with van der Waals surface area (Å²) >= 11 is 0. The molecule has 0 spiro atoms. The van der Waals surface area contributed by atoms with Gasteiger partial charge < -0.3 is 4.74 Å². The number of rotatable bonds is 7. The number of hydrogen-bond donors (Lipinski definition) is 1. The lowest BCUT2D eigenvalue weighted by molar-refractivity contribution is -0.384. The van der Waals surface area contributed by atoms with Gasteiger partial charge in [-0.1, -0.05) is 12.1 Å². The summed E-state index contributed by atoms with van der Waals surface area (Å²) in [6, 6.07) is 18.8. The number of non-ortho nitro benzene ring substituents is 1. The maximum Gasteiger partial charge on any atom is 0.280 e. The maximum absolute atomic E-state index is 13.2. The Bertz CT molecular complexity index is 1360. The van der Waals surface area contributed by atoms with Gasteiger partial charge >= 0.3 is 0 Å². The first kappa shape index (κ1) is 21.7. The molecule has 0 atom stereocenters. The molecule has 0 amide bonds. The number of nitrogens with zero attached hydrogens (tertiary/aromatic N) is 3. The molecule has 0 radical (unpaired) electrons. The number of benzene rings is 3. The van der Waals surface area contributed by atoms with Gasteiger partial charge in [0.15, 0.2) is 0 Å². The Balaban J connectivity index is 1.75. The second-order valence-corrected chi connectivity index (χ2v) is 7.14. The molecule has 0 aliphatic rings. The quantitative estimate of drug-likeness (QED) is 0.256. The molecule has 3 aromatic carbocycles. The fourth-order valence-electron chi connectivity index (χ4n) is 3.29. The summed E-state index contributed by atoms with van der Waals surface area (Å²) in [7, 11) is 1.56. The van der Waals surface area contributed by atoms with Crippen molar-refractivity contribution < 1.29 is 14.1 Å². The molecular weight excluding hydrogens is 427 g/mol. The standard InChI is InChI=1S/C24H19FN4O4/c1-33-21-12-4-17(5-13-21)23-22(15-26-14-16-2-6-18(25)7-3-16)24(30)28(27-23)19-8-10-20(11-9-19)29(31)32/h2-13,15,27H,14H2,1H3. The lowest BCUT2D eigenvalue weighted by Crippen LogP contribution is -2.17. The molecular formula is C24H19FN4O4. The van der Waals surface area contributed by atoms with Gasteiger partial charge in [-0.3, -0.25) is 25.0 Å². The van der Waals surface area contributed by atoms with Crippen LogP contribution in [0, 0.1) is 15.9 Å². The number of H-pyrrole nitrogens is 1.